The second-order valence-electron chi connectivity index (χ2n) is 5.93. The van der Waals surface area contributed by atoms with Gasteiger partial charge in [0.2, 0.25) is 0 Å². The SMILES string of the molecule is Cc1ccc(NC(=O)C(C(=O)/C=C/c2ccc(Cl)cc2)=C2OCCO2)cc1. The number of aryl methyl sites for hydroxylation is 1. The normalized spacial score (nSPS) is 13.2. The Morgan fingerprint density at radius 2 is 1.63 bits per heavy atom. The maximum atomic E-state index is 12.7. The molecule has 0 bridgehead atoms. The summed E-state index contributed by atoms with van der Waals surface area (Å²) in [7, 11) is 0. The van der Waals surface area contributed by atoms with E-state index in [4.69, 9.17) is 21.1 Å². The van der Waals surface area contributed by atoms with Gasteiger partial charge in [0.1, 0.15) is 13.2 Å². The lowest BCUT2D eigenvalue weighted by atomic mass is 10.1. The van der Waals surface area contributed by atoms with E-state index in [-0.39, 0.29) is 11.5 Å². The van der Waals surface area contributed by atoms with Crippen LogP contribution in [0.5, 0.6) is 0 Å². The third kappa shape index (κ3) is 4.99. The highest BCUT2D eigenvalue weighted by Crippen LogP contribution is 2.19. The average Bonchev–Trinajstić information content (AvgIpc) is 3.17. The summed E-state index contributed by atoms with van der Waals surface area (Å²) in [5.41, 5.74) is 2.26. The molecule has 138 valence electrons. The highest BCUT2D eigenvalue weighted by Gasteiger charge is 2.27. The molecule has 5 nitrogen and oxygen atoms in total. The lowest BCUT2D eigenvalue weighted by Gasteiger charge is -2.09. The van der Waals surface area contributed by atoms with Gasteiger partial charge in [-0.15, -0.1) is 0 Å². The Labute approximate surface area is 162 Å². The number of hydrogen-bond acceptors (Lipinski definition) is 4. The van der Waals surface area contributed by atoms with E-state index in [1.807, 2.05) is 19.1 Å². The zero-order chi connectivity index (χ0) is 19.2. The van der Waals surface area contributed by atoms with Gasteiger partial charge in [0.15, 0.2) is 11.4 Å². The van der Waals surface area contributed by atoms with Gasteiger partial charge in [0.25, 0.3) is 11.9 Å². The van der Waals surface area contributed by atoms with Gasteiger partial charge in [-0.1, -0.05) is 47.5 Å². The second kappa shape index (κ2) is 8.56. The van der Waals surface area contributed by atoms with Crippen LogP contribution in [0.15, 0.2) is 66.1 Å². The summed E-state index contributed by atoms with van der Waals surface area (Å²) in [6, 6.07) is 14.2. The predicted octanol–water partition coefficient (Wildman–Crippen LogP) is 4.13. The Morgan fingerprint density at radius 3 is 2.26 bits per heavy atom. The molecule has 0 saturated carbocycles. The molecular formula is C21H18ClNO4. The van der Waals surface area contributed by atoms with Crippen LogP contribution in [0.25, 0.3) is 6.08 Å². The van der Waals surface area contributed by atoms with Crippen molar-refractivity contribution in [2.24, 2.45) is 0 Å². The zero-order valence-electron chi connectivity index (χ0n) is 14.7. The molecule has 2 aromatic rings. The lowest BCUT2D eigenvalue weighted by molar-refractivity contribution is -0.118. The minimum absolute atomic E-state index is 0.0506. The maximum Gasteiger partial charge on any atom is 0.296 e. The van der Waals surface area contributed by atoms with Crippen molar-refractivity contribution in [2.45, 2.75) is 6.92 Å². The molecule has 0 unspecified atom stereocenters. The predicted molar refractivity (Wildman–Crippen MR) is 104 cm³/mol. The van der Waals surface area contributed by atoms with Crippen LogP contribution in [0.2, 0.25) is 5.02 Å². The van der Waals surface area contributed by atoms with E-state index in [9.17, 15) is 9.59 Å². The van der Waals surface area contributed by atoms with Crippen LogP contribution in [0.4, 0.5) is 5.69 Å². The van der Waals surface area contributed by atoms with Gasteiger partial charge in [-0.05, 0) is 42.8 Å². The van der Waals surface area contributed by atoms with E-state index < -0.39 is 11.7 Å². The van der Waals surface area contributed by atoms with E-state index in [1.165, 1.54) is 6.08 Å². The molecule has 1 saturated heterocycles. The molecule has 1 fully saturated rings. The van der Waals surface area contributed by atoms with Gasteiger partial charge < -0.3 is 14.8 Å². The highest BCUT2D eigenvalue weighted by molar-refractivity contribution is 6.30. The van der Waals surface area contributed by atoms with E-state index in [1.54, 1.807) is 42.5 Å². The molecule has 6 heteroatoms. The molecule has 2 aromatic carbocycles. The Hall–Kier alpha value is -3.05. The Kier molecular flexibility index (Phi) is 5.94. The molecule has 0 aromatic heterocycles. The van der Waals surface area contributed by atoms with Gasteiger partial charge in [0, 0.05) is 10.7 Å². The molecule has 0 radical (unpaired) electrons. The van der Waals surface area contributed by atoms with Crippen molar-refractivity contribution in [3.8, 4) is 0 Å². The second-order valence-corrected chi connectivity index (χ2v) is 6.37. The van der Waals surface area contributed by atoms with Crippen LogP contribution >= 0.6 is 11.6 Å². The smallest absolute Gasteiger partial charge is 0.296 e. The van der Waals surface area contributed by atoms with Crippen molar-refractivity contribution < 1.29 is 19.1 Å². The zero-order valence-corrected chi connectivity index (χ0v) is 15.5. The van der Waals surface area contributed by atoms with E-state index in [0.29, 0.717) is 23.9 Å². The number of amides is 1. The van der Waals surface area contributed by atoms with E-state index in [0.717, 1.165) is 11.1 Å². The topological polar surface area (TPSA) is 64.6 Å². The number of ketones is 1. The fourth-order valence-corrected chi connectivity index (χ4v) is 2.55. The Morgan fingerprint density at radius 1 is 1.00 bits per heavy atom. The molecule has 0 spiro atoms. The van der Waals surface area contributed by atoms with Crippen molar-refractivity contribution in [3.63, 3.8) is 0 Å². The number of carbonyl (C=O) groups excluding carboxylic acids is 2. The number of allylic oxidation sites excluding steroid dienone is 1. The monoisotopic (exact) mass is 383 g/mol. The van der Waals surface area contributed by atoms with Crippen LogP contribution in [0, 0.1) is 6.92 Å². The summed E-state index contributed by atoms with van der Waals surface area (Å²) in [6.07, 6.45) is 2.92. The Balaban J connectivity index is 1.81. The van der Waals surface area contributed by atoms with E-state index in [2.05, 4.69) is 5.32 Å². The molecule has 1 amide bonds. The largest absolute Gasteiger partial charge is 0.461 e. The number of hydrogen-bond donors (Lipinski definition) is 1. The standard InChI is InChI=1S/C21H18ClNO4/c1-14-2-9-17(10-3-14)23-20(25)19(21-26-12-13-27-21)18(24)11-6-15-4-7-16(22)8-5-15/h2-11H,12-13H2,1H3,(H,23,25)/b11-6+. The van der Waals surface area contributed by atoms with Crippen molar-refractivity contribution in [1.82, 2.24) is 0 Å². The first-order valence-corrected chi connectivity index (χ1v) is 8.76. The number of benzene rings is 2. The summed E-state index contributed by atoms with van der Waals surface area (Å²) >= 11 is 5.85. The molecule has 1 heterocycles. The number of rotatable bonds is 5. The fourth-order valence-electron chi connectivity index (χ4n) is 2.42. The van der Waals surface area contributed by atoms with Gasteiger partial charge >= 0.3 is 0 Å². The van der Waals surface area contributed by atoms with E-state index >= 15 is 0 Å². The number of halogens is 1. The third-order valence-corrected chi connectivity index (χ3v) is 4.09. The fraction of sp³-hybridized carbons (Fsp3) is 0.143. The van der Waals surface area contributed by atoms with Crippen LogP contribution in [-0.4, -0.2) is 24.9 Å². The highest BCUT2D eigenvalue weighted by atomic mass is 35.5. The van der Waals surface area contributed by atoms with Gasteiger partial charge in [-0.25, -0.2) is 0 Å². The Bertz CT molecular complexity index is 891. The minimum atomic E-state index is -0.582. The molecule has 0 atom stereocenters. The first-order chi connectivity index (χ1) is 13.0. The summed E-state index contributed by atoms with van der Waals surface area (Å²) in [4.78, 5) is 25.3. The van der Waals surface area contributed by atoms with Crippen molar-refractivity contribution in [1.29, 1.82) is 0 Å². The summed E-state index contributed by atoms with van der Waals surface area (Å²) in [5.74, 6) is -1.14. The molecule has 0 aliphatic carbocycles. The average molecular weight is 384 g/mol. The third-order valence-electron chi connectivity index (χ3n) is 3.83. The van der Waals surface area contributed by atoms with Crippen molar-refractivity contribution in [2.75, 3.05) is 18.5 Å². The number of nitrogens with one attached hydrogen (secondary N) is 1. The summed E-state index contributed by atoms with van der Waals surface area (Å²) in [6.45, 7) is 2.54. The molecule has 1 aliphatic heterocycles. The minimum Gasteiger partial charge on any atom is -0.461 e. The molecule has 1 aliphatic rings. The first-order valence-electron chi connectivity index (χ1n) is 8.39. The van der Waals surface area contributed by atoms with Gasteiger partial charge in [-0.3, -0.25) is 9.59 Å². The van der Waals surface area contributed by atoms with Crippen LogP contribution in [0.1, 0.15) is 11.1 Å². The lowest BCUT2D eigenvalue weighted by Crippen LogP contribution is -2.22. The number of anilines is 1. The van der Waals surface area contributed by atoms with Crippen LogP contribution in [0.3, 0.4) is 0 Å². The number of carbonyl (C=O) groups is 2. The molecule has 27 heavy (non-hydrogen) atoms. The maximum absolute atomic E-state index is 12.7. The van der Waals surface area contributed by atoms with Gasteiger partial charge in [-0.2, -0.15) is 0 Å². The van der Waals surface area contributed by atoms with Gasteiger partial charge in [0.05, 0.1) is 0 Å². The van der Waals surface area contributed by atoms with Crippen LogP contribution in [-0.2, 0) is 19.1 Å². The number of ether oxygens (including phenoxy) is 2. The van der Waals surface area contributed by atoms with Crippen molar-refractivity contribution in [3.05, 3.63) is 82.3 Å². The molecule has 1 N–H and O–H groups in total. The quantitative estimate of drug-likeness (QED) is 0.479. The first kappa shape index (κ1) is 18.7. The summed E-state index contributed by atoms with van der Waals surface area (Å²) in [5, 5.41) is 3.31. The summed E-state index contributed by atoms with van der Waals surface area (Å²) < 4.78 is 10.6. The van der Waals surface area contributed by atoms with Crippen molar-refractivity contribution >= 4 is 35.1 Å². The molecule has 3 rings (SSSR count). The van der Waals surface area contributed by atoms with Crippen LogP contribution < -0.4 is 5.32 Å². The molecular weight excluding hydrogens is 366 g/mol.